The second kappa shape index (κ2) is 5.86. The lowest BCUT2D eigenvalue weighted by Gasteiger charge is -2.28. The highest BCUT2D eigenvalue weighted by atomic mass is 32.2. The molecule has 1 aliphatic rings. The lowest BCUT2D eigenvalue weighted by atomic mass is 9.79. The fourth-order valence-corrected chi connectivity index (χ4v) is 3.59. The van der Waals surface area contributed by atoms with Gasteiger partial charge < -0.3 is 9.84 Å². The third-order valence-corrected chi connectivity index (χ3v) is 4.96. The van der Waals surface area contributed by atoms with E-state index in [0.717, 1.165) is 16.0 Å². The number of ether oxygens (including phenoxy) is 1. The first-order valence-corrected chi connectivity index (χ1v) is 8.56. The summed E-state index contributed by atoms with van der Waals surface area (Å²) in [4.78, 5) is 23.8. The second-order valence-corrected chi connectivity index (χ2v) is 9.25. The van der Waals surface area contributed by atoms with E-state index in [9.17, 15) is 14.7 Å². The minimum atomic E-state index is -0.507. The summed E-state index contributed by atoms with van der Waals surface area (Å²) in [6.07, 6.45) is 0.0973. The Bertz CT molecular complexity index is 615. The predicted octanol–water partition coefficient (Wildman–Crippen LogP) is 3.92. The van der Waals surface area contributed by atoms with Gasteiger partial charge in [0.05, 0.1) is 6.42 Å². The van der Waals surface area contributed by atoms with Gasteiger partial charge in [0.25, 0.3) is 0 Å². The Labute approximate surface area is 141 Å². The average molecular weight is 336 g/mol. The molecule has 1 saturated heterocycles. The number of rotatable bonds is 2. The molecule has 1 N–H and O–H groups in total. The molecule has 0 amide bonds. The van der Waals surface area contributed by atoms with Crippen LogP contribution in [0, 0.1) is 0 Å². The van der Waals surface area contributed by atoms with Crippen molar-refractivity contribution in [2.24, 2.45) is 0 Å². The molecule has 1 heterocycles. The van der Waals surface area contributed by atoms with Crippen LogP contribution in [0.2, 0.25) is 0 Å². The van der Waals surface area contributed by atoms with Crippen molar-refractivity contribution in [1.29, 1.82) is 0 Å². The van der Waals surface area contributed by atoms with E-state index in [4.69, 9.17) is 0 Å². The number of hydrogen-bond acceptors (Lipinski definition) is 5. The van der Waals surface area contributed by atoms with Crippen LogP contribution in [0.1, 0.15) is 59.1 Å². The van der Waals surface area contributed by atoms with Gasteiger partial charge in [-0.25, -0.2) is 0 Å². The molecule has 0 spiro atoms. The van der Waals surface area contributed by atoms with E-state index in [2.05, 4.69) is 4.74 Å². The average Bonchev–Trinajstić information content (AvgIpc) is 2.67. The molecule has 1 fully saturated rings. The zero-order valence-electron chi connectivity index (χ0n) is 14.5. The number of phenols is 1. The van der Waals surface area contributed by atoms with Crippen molar-refractivity contribution >= 4 is 23.7 Å². The topological polar surface area (TPSA) is 63.6 Å². The number of aromatic hydroxyl groups is 1. The molecule has 0 saturated carbocycles. The van der Waals surface area contributed by atoms with Crippen LogP contribution in [-0.2, 0) is 25.2 Å². The molecule has 1 unspecified atom stereocenters. The van der Waals surface area contributed by atoms with Gasteiger partial charge in [-0.1, -0.05) is 41.5 Å². The third-order valence-electron chi connectivity index (χ3n) is 3.81. The lowest BCUT2D eigenvalue weighted by molar-refractivity contribution is -0.151. The summed E-state index contributed by atoms with van der Waals surface area (Å²) in [5, 5.41) is 10.2. The molecule has 23 heavy (non-hydrogen) atoms. The van der Waals surface area contributed by atoms with E-state index >= 15 is 0 Å². The van der Waals surface area contributed by atoms with E-state index < -0.39 is 17.2 Å². The Morgan fingerprint density at radius 1 is 1.04 bits per heavy atom. The Balaban J connectivity index is 2.48. The lowest BCUT2D eigenvalue weighted by Crippen LogP contribution is -2.18. The number of esters is 2. The molecule has 0 aromatic heterocycles. The minimum Gasteiger partial charge on any atom is -0.507 e. The smallest absolute Gasteiger partial charge is 0.327 e. The summed E-state index contributed by atoms with van der Waals surface area (Å²) in [5.74, 6) is -0.652. The summed E-state index contributed by atoms with van der Waals surface area (Å²) in [6, 6.07) is 3.82. The SMILES string of the molecule is CC(C)(C)c1cc(SC2CC(=O)OC2=O)cc(C(C)(C)C)c1O. The molecular formula is C18H24O4S. The largest absolute Gasteiger partial charge is 0.507 e. The number of hydrogen-bond donors (Lipinski definition) is 1. The van der Waals surface area contributed by atoms with Crippen molar-refractivity contribution in [3.8, 4) is 5.75 Å². The van der Waals surface area contributed by atoms with Crippen LogP contribution < -0.4 is 0 Å². The van der Waals surface area contributed by atoms with Crippen molar-refractivity contribution in [3.63, 3.8) is 0 Å². The Hall–Kier alpha value is -1.49. The maximum absolute atomic E-state index is 11.7. The number of thioether (sulfide) groups is 1. The highest BCUT2D eigenvalue weighted by molar-refractivity contribution is 8.00. The zero-order chi connectivity index (χ0) is 17.6. The van der Waals surface area contributed by atoms with Gasteiger partial charge in [0, 0.05) is 16.0 Å². The maximum Gasteiger partial charge on any atom is 0.327 e. The van der Waals surface area contributed by atoms with Crippen LogP contribution in [0.25, 0.3) is 0 Å². The Kier molecular flexibility index (Phi) is 4.55. The molecule has 4 nitrogen and oxygen atoms in total. The molecule has 1 aliphatic heterocycles. The first kappa shape index (κ1) is 17.9. The van der Waals surface area contributed by atoms with Crippen molar-refractivity contribution < 1.29 is 19.4 Å². The molecule has 0 aliphatic carbocycles. The highest BCUT2D eigenvalue weighted by Crippen LogP contribution is 2.43. The van der Waals surface area contributed by atoms with E-state index in [-0.39, 0.29) is 17.3 Å². The van der Waals surface area contributed by atoms with Crippen molar-refractivity contribution in [1.82, 2.24) is 0 Å². The summed E-state index contributed by atoms with van der Waals surface area (Å²) in [7, 11) is 0. The normalized spacial score (nSPS) is 19.1. The van der Waals surface area contributed by atoms with Crippen molar-refractivity contribution in [2.45, 2.75) is 68.9 Å². The molecule has 0 bridgehead atoms. The first-order chi connectivity index (χ1) is 10.4. The van der Waals surface area contributed by atoms with Gasteiger partial charge in [-0.05, 0) is 23.0 Å². The number of cyclic esters (lactones) is 2. The number of benzene rings is 1. The summed E-state index contributed by atoms with van der Waals surface area (Å²) < 4.78 is 4.62. The van der Waals surface area contributed by atoms with Crippen LogP contribution >= 0.6 is 11.8 Å². The standard InChI is InChI=1S/C18H24O4S/c1-17(2,3)11-7-10(8-12(15(11)20)18(4,5)6)23-13-9-14(19)22-16(13)21/h7-8,13,20H,9H2,1-6H3. The summed E-state index contributed by atoms with van der Waals surface area (Å²) in [6.45, 7) is 12.2. The molecular weight excluding hydrogens is 312 g/mol. The van der Waals surface area contributed by atoms with Crippen LogP contribution in [0.5, 0.6) is 5.75 Å². The van der Waals surface area contributed by atoms with Gasteiger partial charge in [0.15, 0.2) is 0 Å². The zero-order valence-corrected chi connectivity index (χ0v) is 15.3. The molecule has 5 heteroatoms. The molecule has 126 valence electrons. The molecule has 2 rings (SSSR count). The van der Waals surface area contributed by atoms with Gasteiger partial charge >= 0.3 is 11.9 Å². The molecule has 1 atom stereocenters. The summed E-state index contributed by atoms with van der Waals surface area (Å²) >= 11 is 1.33. The molecule has 1 aromatic carbocycles. The van der Waals surface area contributed by atoms with E-state index in [1.807, 2.05) is 53.7 Å². The van der Waals surface area contributed by atoms with Gasteiger partial charge in [-0.3, -0.25) is 9.59 Å². The monoisotopic (exact) mass is 336 g/mol. The second-order valence-electron chi connectivity index (χ2n) is 7.97. The quantitative estimate of drug-likeness (QED) is 0.655. The maximum atomic E-state index is 11.7. The fraction of sp³-hybridized carbons (Fsp3) is 0.556. The van der Waals surface area contributed by atoms with E-state index in [1.165, 1.54) is 11.8 Å². The van der Waals surface area contributed by atoms with Crippen LogP contribution in [0.15, 0.2) is 17.0 Å². The third kappa shape index (κ3) is 3.89. The Morgan fingerprint density at radius 2 is 1.52 bits per heavy atom. The van der Waals surface area contributed by atoms with Gasteiger partial charge in [-0.2, -0.15) is 0 Å². The molecule has 0 radical (unpaired) electrons. The van der Waals surface area contributed by atoms with Gasteiger partial charge in [0.2, 0.25) is 0 Å². The summed E-state index contributed by atoms with van der Waals surface area (Å²) in [5.41, 5.74) is 1.22. The van der Waals surface area contributed by atoms with E-state index in [0.29, 0.717) is 5.75 Å². The Morgan fingerprint density at radius 3 is 1.87 bits per heavy atom. The van der Waals surface area contributed by atoms with Crippen molar-refractivity contribution in [3.05, 3.63) is 23.3 Å². The van der Waals surface area contributed by atoms with Crippen molar-refractivity contribution in [2.75, 3.05) is 0 Å². The fourth-order valence-electron chi connectivity index (χ4n) is 2.53. The van der Waals surface area contributed by atoms with Gasteiger partial charge in [0.1, 0.15) is 11.0 Å². The van der Waals surface area contributed by atoms with Crippen LogP contribution in [0.4, 0.5) is 0 Å². The number of carbonyl (C=O) groups is 2. The molecule has 1 aromatic rings. The van der Waals surface area contributed by atoms with E-state index in [1.54, 1.807) is 0 Å². The number of phenolic OH excluding ortho intramolecular Hbond substituents is 1. The minimum absolute atomic E-state index is 0.0973. The van der Waals surface area contributed by atoms with Crippen LogP contribution in [-0.4, -0.2) is 22.3 Å². The predicted molar refractivity (Wildman–Crippen MR) is 90.9 cm³/mol. The van der Waals surface area contributed by atoms with Gasteiger partial charge in [-0.15, -0.1) is 11.8 Å². The highest BCUT2D eigenvalue weighted by Gasteiger charge is 2.35. The first-order valence-electron chi connectivity index (χ1n) is 7.69. The van der Waals surface area contributed by atoms with Crippen LogP contribution in [0.3, 0.4) is 0 Å². The number of carbonyl (C=O) groups excluding carboxylic acids is 2.